The normalized spacial score (nSPS) is 10.7. The third kappa shape index (κ3) is 2.91. The van der Waals surface area contributed by atoms with Gasteiger partial charge in [-0.2, -0.15) is 5.10 Å². The molecule has 2 rings (SSSR count). The molecule has 0 fully saturated rings. The average Bonchev–Trinajstić information content (AvgIpc) is 2.78. The average molecular weight is 230 g/mol. The first-order chi connectivity index (χ1) is 8.33. The molecule has 1 aromatic carbocycles. The van der Waals surface area contributed by atoms with Crippen molar-refractivity contribution in [3.05, 3.63) is 47.5 Å². The number of hydrogen-bond acceptors (Lipinski definition) is 3. The van der Waals surface area contributed by atoms with Crippen molar-refractivity contribution < 1.29 is 0 Å². The Bertz CT molecular complexity index is 459. The van der Waals surface area contributed by atoms with Crippen LogP contribution in [0.4, 0.5) is 0 Å². The minimum atomic E-state index is 0.743. The van der Waals surface area contributed by atoms with E-state index in [-0.39, 0.29) is 0 Å². The monoisotopic (exact) mass is 230 g/mol. The summed E-state index contributed by atoms with van der Waals surface area (Å²) in [5.74, 6) is 0.965. The van der Waals surface area contributed by atoms with Gasteiger partial charge in [-0.3, -0.25) is 0 Å². The Balaban J connectivity index is 2.10. The second kappa shape index (κ2) is 5.59. The summed E-state index contributed by atoms with van der Waals surface area (Å²) in [5, 5.41) is 7.33. The van der Waals surface area contributed by atoms with E-state index in [0.717, 1.165) is 25.3 Å². The van der Waals surface area contributed by atoms with Crippen molar-refractivity contribution in [2.24, 2.45) is 0 Å². The molecule has 0 saturated heterocycles. The fraction of sp³-hybridized carbons (Fsp3) is 0.385. The molecule has 1 N–H and O–H groups in total. The van der Waals surface area contributed by atoms with Gasteiger partial charge in [0.1, 0.15) is 12.2 Å². The zero-order valence-corrected chi connectivity index (χ0v) is 10.3. The number of aromatic nitrogens is 3. The van der Waals surface area contributed by atoms with E-state index in [1.807, 2.05) is 11.7 Å². The fourth-order valence-electron chi connectivity index (χ4n) is 1.77. The van der Waals surface area contributed by atoms with Crippen molar-refractivity contribution in [1.82, 2.24) is 20.1 Å². The summed E-state index contributed by atoms with van der Waals surface area (Å²) in [6.07, 6.45) is 2.68. The first kappa shape index (κ1) is 11.8. The molecular formula is C13H18N4. The van der Waals surface area contributed by atoms with Crippen LogP contribution in [0.15, 0.2) is 30.6 Å². The number of benzene rings is 1. The largest absolute Gasteiger partial charge is 0.313 e. The van der Waals surface area contributed by atoms with Crippen molar-refractivity contribution in [3.63, 3.8) is 0 Å². The second-order valence-electron chi connectivity index (χ2n) is 4.03. The molecule has 1 aromatic heterocycles. The van der Waals surface area contributed by atoms with Crippen LogP contribution in [0.1, 0.15) is 23.9 Å². The third-order valence-electron chi connectivity index (χ3n) is 2.79. The van der Waals surface area contributed by atoms with Crippen LogP contribution in [0.5, 0.6) is 0 Å². The standard InChI is InChI=1S/C13H18N4/c1-3-11-4-6-12(7-5-11)9-17-13(8-14-2)15-10-16-17/h4-7,10,14H,3,8-9H2,1-2H3. The van der Waals surface area contributed by atoms with Crippen molar-refractivity contribution in [3.8, 4) is 0 Å². The lowest BCUT2D eigenvalue weighted by molar-refractivity contribution is 0.613. The summed E-state index contributed by atoms with van der Waals surface area (Å²) in [5.41, 5.74) is 2.62. The molecule has 0 radical (unpaired) electrons. The zero-order valence-electron chi connectivity index (χ0n) is 10.3. The van der Waals surface area contributed by atoms with Gasteiger partial charge in [-0.25, -0.2) is 9.67 Å². The maximum absolute atomic E-state index is 4.24. The van der Waals surface area contributed by atoms with Crippen molar-refractivity contribution >= 4 is 0 Å². The molecule has 1 heterocycles. The van der Waals surface area contributed by atoms with Crippen molar-refractivity contribution in [2.75, 3.05) is 7.05 Å². The van der Waals surface area contributed by atoms with E-state index >= 15 is 0 Å². The number of nitrogens with zero attached hydrogens (tertiary/aromatic N) is 3. The van der Waals surface area contributed by atoms with E-state index < -0.39 is 0 Å². The first-order valence-corrected chi connectivity index (χ1v) is 5.92. The molecule has 0 saturated carbocycles. The minimum absolute atomic E-state index is 0.743. The van der Waals surface area contributed by atoms with E-state index in [2.05, 4.69) is 46.6 Å². The molecular weight excluding hydrogens is 212 g/mol. The van der Waals surface area contributed by atoms with Gasteiger partial charge in [-0.1, -0.05) is 31.2 Å². The minimum Gasteiger partial charge on any atom is -0.313 e. The fourth-order valence-corrected chi connectivity index (χ4v) is 1.77. The summed E-state index contributed by atoms with van der Waals surface area (Å²) < 4.78 is 1.93. The maximum Gasteiger partial charge on any atom is 0.141 e. The van der Waals surface area contributed by atoms with Crippen LogP contribution in [0, 0.1) is 0 Å². The van der Waals surface area contributed by atoms with Gasteiger partial charge >= 0.3 is 0 Å². The SMILES string of the molecule is CCc1ccc(Cn2ncnc2CNC)cc1. The van der Waals surface area contributed by atoms with Crippen LogP contribution in [0.3, 0.4) is 0 Å². The quantitative estimate of drug-likeness (QED) is 0.848. The Hall–Kier alpha value is -1.68. The topological polar surface area (TPSA) is 42.7 Å². The van der Waals surface area contributed by atoms with Crippen LogP contribution >= 0.6 is 0 Å². The second-order valence-corrected chi connectivity index (χ2v) is 4.03. The predicted octanol–water partition coefficient (Wildman–Crippen LogP) is 1.61. The van der Waals surface area contributed by atoms with E-state index in [9.17, 15) is 0 Å². The number of aryl methyl sites for hydroxylation is 1. The van der Waals surface area contributed by atoms with Gasteiger partial charge < -0.3 is 5.32 Å². The van der Waals surface area contributed by atoms with Crippen LogP contribution in [-0.2, 0) is 19.5 Å². The molecule has 0 atom stereocenters. The molecule has 4 nitrogen and oxygen atoms in total. The third-order valence-corrected chi connectivity index (χ3v) is 2.79. The van der Waals surface area contributed by atoms with Crippen LogP contribution in [0.2, 0.25) is 0 Å². The lowest BCUT2D eigenvalue weighted by atomic mass is 10.1. The van der Waals surface area contributed by atoms with Crippen LogP contribution in [-0.4, -0.2) is 21.8 Å². The van der Waals surface area contributed by atoms with Gasteiger partial charge in [0, 0.05) is 0 Å². The van der Waals surface area contributed by atoms with Gasteiger partial charge in [-0.05, 0) is 24.6 Å². The Kier molecular flexibility index (Phi) is 3.88. The Morgan fingerprint density at radius 3 is 2.53 bits per heavy atom. The summed E-state index contributed by atoms with van der Waals surface area (Å²) in [4.78, 5) is 4.23. The highest BCUT2D eigenvalue weighted by Gasteiger charge is 2.03. The summed E-state index contributed by atoms with van der Waals surface area (Å²) >= 11 is 0. The molecule has 0 aliphatic heterocycles. The molecule has 2 aromatic rings. The summed E-state index contributed by atoms with van der Waals surface area (Å²) in [6, 6.07) is 8.65. The molecule has 0 spiro atoms. The van der Waals surface area contributed by atoms with Gasteiger partial charge in [0.25, 0.3) is 0 Å². The number of rotatable bonds is 5. The molecule has 90 valence electrons. The Morgan fingerprint density at radius 2 is 1.88 bits per heavy atom. The molecule has 17 heavy (non-hydrogen) atoms. The number of hydrogen-bond donors (Lipinski definition) is 1. The van der Waals surface area contributed by atoms with E-state index in [1.165, 1.54) is 11.1 Å². The number of nitrogens with one attached hydrogen (secondary N) is 1. The Labute approximate surface area is 102 Å². The molecule has 0 aliphatic rings. The van der Waals surface area contributed by atoms with Gasteiger partial charge in [0.05, 0.1) is 13.1 Å². The van der Waals surface area contributed by atoms with E-state index in [1.54, 1.807) is 6.33 Å². The zero-order chi connectivity index (χ0) is 12.1. The molecule has 0 bridgehead atoms. The molecule has 0 aliphatic carbocycles. The van der Waals surface area contributed by atoms with Crippen LogP contribution in [0.25, 0.3) is 0 Å². The van der Waals surface area contributed by atoms with Crippen LogP contribution < -0.4 is 5.32 Å². The van der Waals surface area contributed by atoms with E-state index in [0.29, 0.717) is 0 Å². The maximum atomic E-state index is 4.24. The van der Waals surface area contributed by atoms with Gasteiger partial charge in [-0.15, -0.1) is 0 Å². The van der Waals surface area contributed by atoms with E-state index in [4.69, 9.17) is 0 Å². The van der Waals surface area contributed by atoms with Crippen molar-refractivity contribution in [2.45, 2.75) is 26.4 Å². The smallest absolute Gasteiger partial charge is 0.141 e. The molecule has 0 amide bonds. The highest BCUT2D eigenvalue weighted by Crippen LogP contribution is 2.07. The van der Waals surface area contributed by atoms with Gasteiger partial charge in [0.15, 0.2) is 0 Å². The molecule has 0 unspecified atom stereocenters. The lowest BCUT2D eigenvalue weighted by Crippen LogP contribution is -2.14. The lowest BCUT2D eigenvalue weighted by Gasteiger charge is -2.06. The predicted molar refractivity (Wildman–Crippen MR) is 67.7 cm³/mol. The Morgan fingerprint density at radius 1 is 1.18 bits per heavy atom. The van der Waals surface area contributed by atoms with Gasteiger partial charge in [0.2, 0.25) is 0 Å². The van der Waals surface area contributed by atoms with Crippen molar-refractivity contribution in [1.29, 1.82) is 0 Å². The first-order valence-electron chi connectivity index (χ1n) is 5.92. The summed E-state index contributed by atoms with van der Waals surface area (Å²) in [7, 11) is 1.91. The summed E-state index contributed by atoms with van der Waals surface area (Å²) in [6.45, 7) is 3.69. The highest BCUT2D eigenvalue weighted by atomic mass is 15.3. The highest BCUT2D eigenvalue weighted by molar-refractivity contribution is 5.22. The molecule has 4 heteroatoms.